The molecule has 1 unspecified atom stereocenters. The van der Waals surface area contributed by atoms with Crippen molar-refractivity contribution >= 4 is 28.6 Å². The van der Waals surface area contributed by atoms with Crippen molar-refractivity contribution in [1.82, 2.24) is 19.9 Å². The number of aryl methyl sites for hydroxylation is 1. The highest BCUT2D eigenvalue weighted by Gasteiger charge is 2.17. The molecule has 3 aromatic rings. The number of para-hydroxylation sites is 1. The second-order valence-electron chi connectivity index (χ2n) is 7.08. The molecule has 2 heterocycles. The topological polar surface area (TPSA) is 76.9 Å². The third-order valence-electron chi connectivity index (χ3n) is 4.57. The highest BCUT2D eigenvalue weighted by atomic mass is 32.2. The zero-order valence-electron chi connectivity index (χ0n) is 16.5. The van der Waals surface area contributed by atoms with Crippen LogP contribution < -0.4 is 10.9 Å². The molecule has 3 rings (SSSR count). The molecule has 0 radical (unpaired) electrons. The predicted molar refractivity (Wildman–Crippen MR) is 113 cm³/mol. The Morgan fingerprint density at radius 3 is 2.57 bits per heavy atom. The molecule has 1 N–H and O–H groups in total. The number of carbonyl (C=O) groups excluding carboxylic acids is 1. The first kappa shape index (κ1) is 20.1. The molecule has 0 aliphatic carbocycles. The zero-order valence-corrected chi connectivity index (χ0v) is 17.3. The molecule has 1 atom stereocenters. The van der Waals surface area contributed by atoms with E-state index >= 15 is 0 Å². The number of rotatable bonds is 6. The number of amides is 1. The van der Waals surface area contributed by atoms with Gasteiger partial charge in [0.05, 0.1) is 16.7 Å². The minimum absolute atomic E-state index is 0.0818. The van der Waals surface area contributed by atoms with Crippen LogP contribution in [0, 0.1) is 12.8 Å². The van der Waals surface area contributed by atoms with Crippen LogP contribution in [-0.2, 0) is 4.79 Å². The normalized spacial score (nSPS) is 12.3. The minimum Gasteiger partial charge on any atom is -0.353 e. The third kappa shape index (κ3) is 4.42. The van der Waals surface area contributed by atoms with E-state index in [2.05, 4.69) is 29.1 Å². The van der Waals surface area contributed by atoms with E-state index in [1.165, 1.54) is 16.3 Å². The molecular weight excluding hydrogens is 372 g/mol. The van der Waals surface area contributed by atoms with Crippen molar-refractivity contribution in [3.05, 3.63) is 58.5 Å². The summed E-state index contributed by atoms with van der Waals surface area (Å²) in [6.45, 7) is 7.97. The van der Waals surface area contributed by atoms with Crippen molar-refractivity contribution in [2.75, 3.05) is 5.75 Å². The van der Waals surface area contributed by atoms with Gasteiger partial charge in [0.25, 0.3) is 5.56 Å². The number of hydrogen-bond acceptors (Lipinski definition) is 5. The number of carbonyl (C=O) groups is 1. The summed E-state index contributed by atoms with van der Waals surface area (Å²) in [4.78, 5) is 34.6. The maximum atomic E-state index is 13.1. The number of nitrogens with one attached hydrogen (secondary N) is 1. The Labute approximate surface area is 168 Å². The number of aromatic nitrogens is 3. The molecule has 0 saturated heterocycles. The largest absolute Gasteiger partial charge is 0.353 e. The number of fused-ring (bicyclic) bond motifs is 1. The van der Waals surface area contributed by atoms with Crippen molar-refractivity contribution in [3.8, 4) is 5.82 Å². The van der Waals surface area contributed by atoms with Crippen LogP contribution in [0.4, 0.5) is 0 Å². The monoisotopic (exact) mass is 396 g/mol. The summed E-state index contributed by atoms with van der Waals surface area (Å²) in [6, 6.07) is 12.8. The van der Waals surface area contributed by atoms with Gasteiger partial charge in [0.1, 0.15) is 5.82 Å². The molecule has 0 fully saturated rings. The summed E-state index contributed by atoms with van der Waals surface area (Å²) in [6.07, 6.45) is 0. The molecule has 0 aliphatic heterocycles. The molecule has 0 spiro atoms. The van der Waals surface area contributed by atoms with Crippen LogP contribution in [0.3, 0.4) is 0 Å². The van der Waals surface area contributed by atoms with Gasteiger partial charge in [0.15, 0.2) is 5.16 Å². The highest BCUT2D eigenvalue weighted by Crippen LogP contribution is 2.20. The van der Waals surface area contributed by atoms with E-state index in [4.69, 9.17) is 0 Å². The van der Waals surface area contributed by atoms with Crippen LogP contribution in [0.2, 0.25) is 0 Å². The molecule has 6 nitrogen and oxygen atoms in total. The van der Waals surface area contributed by atoms with Gasteiger partial charge in [-0.25, -0.2) is 14.5 Å². The molecule has 0 aliphatic rings. The summed E-state index contributed by atoms with van der Waals surface area (Å²) >= 11 is 1.24. The van der Waals surface area contributed by atoms with Gasteiger partial charge in [-0.2, -0.15) is 0 Å². The Hall–Kier alpha value is -2.67. The van der Waals surface area contributed by atoms with E-state index in [0.717, 1.165) is 5.69 Å². The molecule has 146 valence electrons. The molecule has 7 heteroatoms. The summed E-state index contributed by atoms with van der Waals surface area (Å²) in [5.74, 6) is 0.940. The van der Waals surface area contributed by atoms with Gasteiger partial charge in [-0.3, -0.25) is 9.59 Å². The van der Waals surface area contributed by atoms with Crippen LogP contribution in [0.5, 0.6) is 0 Å². The number of benzene rings is 1. The van der Waals surface area contributed by atoms with Gasteiger partial charge in [0, 0.05) is 11.7 Å². The fraction of sp³-hybridized carbons (Fsp3) is 0.333. The van der Waals surface area contributed by atoms with Crippen molar-refractivity contribution < 1.29 is 4.79 Å². The quantitative estimate of drug-likeness (QED) is 0.511. The van der Waals surface area contributed by atoms with Crippen LogP contribution in [0.25, 0.3) is 16.7 Å². The van der Waals surface area contributed by atoms with Crippen LogP contribution in [-0.4, -0.2) is 32.2 Å². The average Bonchev–Trinajstić information content (AvgIpc) is 2.66. The van der Waals surface area contributed by atoms with E-state index in [0.29, 0.717) is 27.8 Å². The van der Waals surface area contributed by atoms with Crippen molar-refractivity contribution in [3.63, 3.8) is 0 Å². The van der Waals surface area contributed by atoms with E-state index in [-0.39, 0.29) is 23.3 Å². The van der Waals surface area contributed by atoms with Crippen LogP contribution in [0.1, 0.15) is 26.5 Å². The maximum Gasteiger partial charge on any atom is 0.267 e. The first-order valence-corrected chi connectivity index (χ1v) is 10.2. The van der Waals surface area contributed by atoms with Crippen molar-refractivity contribution in [2.24, 2.45) is 5.92 Å². The van der Waals surface area contributed by atoms with Gasteiger partial charge in [-0.05, 0) is 44.0 Å². The SMILES string of the molecule is Cc1cccc(-n2c(SCC(=O)NC(C)C(C)C)nc3ccccc3c2=O)n1. The van der Waals surface area contributed by atoms with E-state index in [1.54, 1.807) is 18.2 Å². The van der Waals surface area contributed by atoms with E-state index in [1.807, 2.05) is 38.1 Å². The smallest absolute Gasteiger partial charge is 0.267 e. The first-order valence-electron chi connectivity index (χ1n) is 9.25. The Bertz CT molecular complexity index is 1060. The molecule has 2 aromatic heterocycles. The lowest BCUT2D eigenvalue weighted by molar-refractivity contribution is -0.119. The molecular formula is C21H24N4O2S. The lowest BCUT2D eigenvalue weighted by Gasteiger charge is -2.17. The van der Waals surface area contributed by atoms with Gasteiger partial charge in [-0.1, -0.05) is 43.8 Å². The van der Waals surface area contributed by atoms with Crippen molar-refractivity contribution in [2.45, 2.75) is 38.9 Å². The van der Waals surface area contributed by atoms with E-state index < -0.39 is 0 Å². The molecule has 0 bridgehead atoms. The zero-order chi connectivity index (χ0) is 20.3. The van der Waals surface area contributed by atoms with Gasteiger partial charge in [-0.15, -0.1) is 0 Å². The van der Waals surface area contributed by atoms with Gasteiger partial charge >= 0.3 is 0 Å². The standard InChI is InChI=1S/C21H24N4O2S/c1-13(2)15(4)23-19(26)12-28-21-24-17-10-6-5-9-16(17)20(27)25(21)18-11-7-8-14(3)22-18/h5-11,13,15H,12H2,1-4H3,(H,23,26). The average molecular weight is 397 g/mol. The van der Waals surface area contributed by atoms with Crippen LogP contribution >= 0.6 is 11.8 Å². The number of pyridine rings is 1. The lowest BCUT2D eigenvalue weighted by atomic mass is 10.1. The van der Waals surface area contributed by atoms with Crippen LogP contribution in [0.15, 0.2) is 52.4 Å². The Balaban J connectivity index is 2.00. The van der Waals surface area contributed by atoms with Crippen molar-refractivity contribution in [1.29, 1.82) is 0 Å². The Morgan fingerprint density at radius 2 is 1.86 bits per heavy atom. The number of nitrogens with zero attached hydrogens (tertiary/aromatic N) is 3. The second kappa shape index (κ2) is 8.56. The van der Waals surface area contributed by atoms with Gasteiger partial charge in [0.2, 0.25) is 5.91 Å². The van der Waals surface area contributed by atoms with Gasteiger partial charge < -0.3 is 5.32 Å². The van der Waals surface area contributed by atoms with E-state index in [9.17, 15) is 9.59 Å². The fourth-order valence-electron chi connectivity index (χ4n) is 2.66. The second-order valence-corrected chi connectivity index (χ2v) is 8.02. The fourth-order valence-corrected chi connectivity index (χ4v) is 3.47. The minimum atomic E-state index is -0.192. The number of hydrogen-bond donors (Lipinski definition) is 1. The molecule has 1 amide bonds. The summed E-state index contributed by atoms with van der Waals surface area (Å²) in [5, 5.41) is 3.95. The summed E-state index contributed by atoms with van der Waals surface area (Å²) in [7, 11) is 0. The lowest BCUT2D eigenvalue weighted by Crippen LogP contribution is -2.37. The number of thioether (sulfide) groups is 1. The molecule has 1 aromatic carbocycles. The summed E-state index contributed by atoms with van der Waals surface area (Å²) in [5.41, 5.74) is 1.22. The highest BCUT2D eigenvalue weighted by molar-refractivity contribution is 7.99. The maximum absolute atomic E-state index is 13.1. The molecule has 28 heavy (non-hydrogen) atoms. The Kier molecular flexibility index (Phi) is 6.14. The third-order valence-corrected chi connectivity index (χ3v) is 5.51. The predicted octanol–water partition coefficient (Wildman–Crippen LogP) is 3.34. The summed E-state index contributed by atoms with van der Waals surface area (Å²) < 4.78 is 1.49. The molecule has 0 saturated carbocycles. The Morgan fingerprint density at radius 1 is 1.11 bits per heavy atom. The first-order chi connectivity index (χ1) is 13.4.